The molecule has 1 heterocycles. The van der Waals surface area contributed by atoms with E-state index in [-0.39, 0.29) is 23.8 Å². The van der Waals surface area contributed by atoms with Crippen LogP contribution in [0.15, 0.2) is 24.3 Å². The molecule has 1 aromatic rings. The number of rotatable bonds is 7. The van der Waals surface area contributed by atoms with Gasteiger partial charge in [-0.3, -0.25) is 14.5 Å². The van der Waals surface area contributed by atoms with Gasteiger partial charge in [0.15, 0.2) is 0 Å². The van der Waals surface area contributed by atoms with Crippen LogP contribution in [0.5, 0.6) is 5.75 Å². The lowest BCUT2D eigenvalue weighted by molar-refractivity contribution is -0.139. The lowest BCUT2D eigenvalue weighted by Crippen LogP contribution is -2.51. The topological polar surface area (TPSA) is 75.9 Å². The van der Waals surface area contributed by atoms with Gasteiger partial charge < -0.3 is 15.4 Å². The second kappa shape index (κ2) is 8.85. The zero-order chi connectivity index (χ0) is 18.4. The normalized spacial score (nSPS) is 18.9. The number of amides is 2. The number of hydrogen-bond acceptors (Lipinski definition) is 4. The smallest absolute Gasteiger partial charge is 0.239 e. The molecule has 138 valence electrons. The molecule has 2 N–H and O–H groups in total. The second-order valence-electron chi connectivity index (χ2n) is 6.85. The summed E-state index contributed by atoms with van der Waals surface area (Å²) in [6, 6.07) is 7.66. The molecule has 6 nitrogen and oxygen atoms in total. The van der Waals surface area contributed by atoms with Crippen LogP contribution < -0.4 is 10.5 Å². The molecule has 2 rings (SSSR count). The first-order chi connectivity index (χ1) is 11.9. The van der Waals surface area contributed by atoms with E-state index in [2.05, 4.69) is 0 Å². The highest BCUT2D eigenvalue weighted by Crippen LogP contribution is 2.18. The van der Waals surface area contributed by atoms with Crippen molar-refractivity contribution in [2.24, 2.45) is 11.7 Å². The van der Waals surface area contributed by atoms with Crippen molar-refractivity contribution >= 4 is 11.8 Å². The molecule has 1 saturated heterocycles. The van der Waals surface area contributed by atoms with Gasteiger partial charge in [-0.1, -0.05) is 12.1 Å². The third-order valence-corrected chi connectivity index (χ3v) is 4.86. The number of likely N-dealkylation sites (N-methyl/N-ethyl adjacent to an activating group) is 1. The number of primary amides is 1. The summed E-state index contributed by atoms with van der Waals surface area (Å²) in [5.41, 5.74) is 6.55. The Morgan fingerprint density at radius 1 is 1.44 bits per heavy atom. The fourth-order valence-corrected chi connectivity index (χ4v) is 3.07. The van der Waals surface area contributed by atoms with Crippen molar-refractivity contribution < 1.29 is 14.3 Å². The number of benzene rings is 1. The molecular formula is C19H29N3O3. The van der Waals surface area contributed by atoms with E-state index in [0.29, 0.717) is 26.2 Å². The minimum Gasteiger partial charge on any atom is -0.492 e. The maximum atomic E-state index is 12.7. The van der Waals surface area contributed by atoms with E-state index in [9.17, 15) is 9.59 Å². The van der Waals surface area contributed by atoms with Crippen LogP contribution in [0.4, 0.5) is 0 Å². The van der Waals surface area contributed by atoms with Crippen molar-refractivity contribution in [1.29, 1.82) is 0 Å². The number of aryl methyl sites for hydroxylation is 1. The third kappa shape index (κ3) is 5.46. The van der Waals surface area contributed by atoms with Gasteiger partial charge in [0.1, 0.15) is 12.4 Å². The van der Waals surface area contributed by atoms with Gasteiger partial charge in [0.05, 0.1) is 12.0 Å². The van der Waals surface area contributed by atoms with Crippen molar-refractivity contribution in [2.45, 2.75) is 32.7 Å². The quantitative estimate of drug-likeness (QED) is 0.809. The Kier molecular flexibility index (Phi) is 6.82. The molecule has 1 aliphatic rings. The summed E-state index contributed by atoms with van der Waals surface area (Å²) < 4.78 is 5.75. The highest BCUT2D eigenvalue weighted by Gasteiger charge is 2.30. The van der Waals surface area contributed by atoms with Crippen LogP contribution in [-0.2, 0) is 9.59 Å². The molecule has 0 aromatic heterocycles. The summed E-state index contributed by atoms with van der Waals surface area (Å²) in [4.78, 5) is 27.8. The first kappa shape index (κ1) is 19.2. The summed E-state index contributed by atoms with van der Waals surface area (Å²) in [7, 11) is 1.91. The number of nitrogens with zero attached hydrogens (tertiary/aromatic N) is 2. The largest absolute Gasteiger partial charge is 0.492 e. The number of carbonyl (C=O) groups excluding carboxylic acids is 2. The Labute approximate surface area is 149 Å². The predicted octanol–water partition coefficient (Wildman–Crippen LogP) is 1.42. The second-order valence-corrected chi connectivity index (χ2v) is 6.85. The summed E-state index contributed by atoms with van der Waals surface area (Å²) in [5.74, 6) is 0.349. The molecule has 0 radical (unpaired) electrons. The molecule has 0 spiro atoms. The Balaban J connectivity index is 1.81. The molecule has 25 heavy (non-hydrogen) atoms. The van der Waals surface area contributed by atoms with Crippen molar-refractivity contribution in [3.63, 3.8) is 0 Å². The van der Waals surface area contributed by atoms with Gasteiger partial charge in [0.2, 0.25) is 11.8 Å². The Morgan fingerprint density at radius 2 is 2.20 bits per heavy atom. The Bertz CT molecular complexity index is 605. The van der Waals surface area contributed by atoms with Crippen molar-refractivity contribution in [3.8, 4) is 5.75 Å². The number of ether oxygens (including phenoxy) is 1. The molecule has 6 heteroatoms. The summed E-state index contributed by atoms with van der Waals surface area (Å²) in [6.45, 7) is 6.21. The SMILES string of the molecule is Cc1cccc(OCCN(C)[C@@H](C)C(=O)N2CCC[C@H](C(N)=O)C2)c1. The number of likely N-dealkylation sites (tertiary alicyclic amines) is 1. The van der Waals surface area contributed by atoms with Gasteiger partial charge in [0.25, 0.3) is 0 Å². The molecule has 2 amide bonds. The van der Waals surface area contributed by atoms with Crippen LogP contribution in [-0.4, -0.2) is 60.9 Å². The molecule has 1 fully saturated rings. The zero-order valence-electron chi connectivity index (χ0n) is 15.4. The monoisotopic (exact) mass is 347 g/mol. The fourth-order valence-electron chi connectivity index (χ4n) is 3.07. The van der Waals surface area contributed by atoms with Crippen LogP contribution in [0.1, 0.15) is 25.3 Å². The van der Waals surface area contributed by atoms with Gasteiger partial charge >= 0.3 is 0 Å². The molecule has 2 atom stereocenters. The first-order valence-electron chi connectivity index (χ1n) is 8.86. The minimum atomic E-state index is -0.315. The maximum Gasteiger partial charge on any atom is 0.239 e. The summed E-state index contributed by atoms with van der Waals surface area (Å²) in [6.07, 6.45) is 1.60. The minimum absolute atomic E-state index is 0.0454. The predicted molar refractivity (Wildman–Crippen MR) is 97.3 cm³/mol. The van der Waals surface area contributed by atoms with E-state index < -0.39 is 0 Å². The van der Waals surface area contributed by atoms with Crippen molar-refractivity contribution in [2.75, 3.05) is 33.3 Å². The summed E-state index contributed by atoms with van der Waals surface area (Å²) in [5, 5.41) is 0. The first-order valence-corrected chi connectivity index (χ1v) is 8.86. The van der Waals surface area contributed by atoms with Crippen molar-refractivity contribution in [1.82, 2.24) is 9.80 Å². The van der Waals surface area contributed by atoms with Gasteiger partial charge in [-0.25, -0.2) is 0 Å². The molecule has 0 saturated carbocycles. The zero-order valence-corrected chi connectivity index (χ0v) is 15.4. The van der Waals surface area contributed by atoms with Gasteiger partial charge in [0, 0.05) is 19.6 Å². The van der Waals surface area contributed by atoms with E-state index in [0.717, 1.165) is 24.2 Å². The van der Waals surface area contributed by atoms with E-state index in [1.165, 1.54) is 0 Å². The number of piperidine rings is 1. The van der Waals surface area contributed by atoms with Gasteiger partial charge in [-0.15, -0.1) is 0 Å². The molecule has 1 aromatic carbocycles. The van der Waals surface area contributed by atoms with E-state index in [1.54, 1.807) is 4.90 Å². The Hall–Kier alpha value is -2.08. The molecule has 0 bridgehead atoms. The van der Waals surface area contributed by atoms with E-state index in [4.69, 9.17) is 10.5 Å². The van der Waals surface area contributed by atoms with Gasteiger partial charge in [-0.05, 0) is 51.4 Å². The average Bonchev–Trinajstić information content (AvgIpc) is 2.60. The van der Waals surface area contributed by atoms with Crippen molar-refractivity contribution in [3.05, 3.63) is 29.8 Å². The van der Waals surface area contributed by atoms with E-state index >= 15 is 0 Å². The third-order valence-electron chi connectivity index (χ3n) is 4.86. The number of hydrogen-bond donors (Lipinski definition) is 1. The fraction of sp³-hybridized carbons (Fsp3) is 0.579. The van der Waals surface area contributed by atoms with E-state index in [1.807, 2.05) is 50.1 Å². The molecular weight excluding hydrogens is 318 g/mol. The highest BCUT2D eigenvalue weighted by molar-refractivity contribution is 5.83. The van der Waals surface area contributed by atoms with Gasteiger partial charge in [-0.2, -0.15) is 0 Å². The Morgan fingerprint density at radius 3 is 2.88 bits per heavy atom. The van der Waals surface area contributed by atoms with Crippen LogP contribution in [0.3, 0.4) is 0 Å². The standard InChI is InChI=1S/C19H29N3O3/c1-14-6-4-8-17(12-14)25-11-10-21(3)15(2)19(24)22-9-5-7-16(13-22)18(20)23/h4,6,8,12,15-16H,5,7,9-11,13H2,1-3H3,(H2,20,23)/t15-,16-/m0/s1. The average molecular weight is 347 g/mol. The molecule has 1 aliphatic heterocycles. The number of carbonyl (C=O) groups is 2. The maximum absolute atomic E-state index is 12.7. The lowest BCUT2D eigenvalue weighted by atomic mass is 9.97. The van der Waals surface area contributed by atoms with Crippen LogP contribution in [0.2, 0.25) is 0 Å². The summed E-state index contributed by atoms with van der Waals surface area (Å²) >= 11 is 0. The molecule has 0 unspecified atom stereocenters. The van der Waals surface area contributed by atoms with Crippen LogP contribution >= 0.6 is 0 Å². The van der Waals surface area contributed by atoms with Crippen LogP contribution in [0.25, 0.3) is 0 Å². The molecule has 0 aliphatic carbocycles. The number of nitrogens with two attached hydrogens (primary N) is 1. The lowest BCUT2D eigenvalue weighted by Gasteiger charge is -2.35. The highest BCUT2D eigenvalue weighted by atomic mass is 16.5. The van der Waals surface area contributed by atoms with Crippen LogP contribution in [0, 0.1) is 12.8 Å².